The molecule has 1 rings (SSSR count). The van der Waals surface area contributed by atoms with Gasteiger partial charge in [-0.1, -0.05) is 19.8 Å². The van der Waals surface area contributed by atoms with Gasteiger partial charge in [-0.25, -0.2) is 0 Å². The molecule has 0 heterocycles. The van der Waals surface area contributed by atoms with Gasteiger partial charge in [-0.15, -0.1) is 6.42 Å². The lowest BCUT2D eigenvalue weighted by molar-refractivity contribution is -0.148. The fourth-order valence-corrected chi connectivity index (χ4v) is 2.72. The summed E-state index contributed by atoms with van der Waals surface area (Å²) in [5, 5.41) is 9.18. The second-order valence-corrected chi connectivity index (χ2v) is 5.09. The van der Waals surface area contributed by atoms with Gasteiger partial charge in [-0.2, -0.15) is 0 Å². The van der Waals surface area contributed by atoms with Crippen molar-refractivity contribution in [2.24, 2.45) is 17.8 Å². The molecule has 0 aromatic carbocycles. The smallest absolute Gasteiger partial charge is 0.307 e. The number of carbonyl (C=O) groups excluding carboxylic acids is 1. The maximum absolute atomic E-state index is 12.4. The summed E-state index contributed by atoms with van der Waals surface area (Å²) in [6.07, 6.45) is 7.32. The fourth-order valence-electron chi connectivity index (χ4n) is 2.72. The maximum atomic E-state index is 12.4. The van der Waals surface area contributed by atoms with Crippen molar-refractivity contribution in [1.29, 1.82) is 0 Å². The molecule has 0 aromatic heterocycles. The third kappa shape index (κ3) is 3.25. The van der Waals surface area contributed by atoms with Crippen LogP contribution in [0.25, 0.3) is 0 Å². The minimum absolute atomic E-state index is 0.0912. The molecular formula is C14H21NO3. The Morgan fingerprint density at radius 2 is 2.00 bits per heavy atom. The number of aliphatic carboxylic acids is 1. The molecule has 1 amide bonds. The molecule has 3 atom stereocenters. The molecule has 0 aliphatic heterocycles. The van der Waals surface area contributed by atoms with E-state index < -0.39 is 17.8 Å². The lowest BCUT2D eigenvalue weighted by Crippen LogP contribution is -2.39. The molecule has 1 saturated carbocycles. The van der Waals surface area contributed by atoms with Crippen LogP contribution in [-0.4, -0.2) is 35.0 Å². The Labute approximate surface area is 108 Å². The van der Waals surface area contributed by atoms with Crippen LogP contribution in [0.5, 0.6) is 0 Å². The fraction of sp³-hybridized carbons (Fsp3) is 0.714. The summed E-state index contributed by atoms with van der Waals surface area (Å²) >= 11 is 0. The van der Waals surface area contributed by atoms with E-state index in [2.05, 4.69) is 5.92 Å². The lowest BCUT2D eigenvalue weighted by Gasteiger charge is -2.25. The molecule has 1 aliphatic carbocycles. The summed E-state index contributed by atoms with van der Waals surface area (Å²) < 4.78 is 0. The van der Waals surface area contributed by atoms with Gasteiger partial charge in [0.2, 0.25) is 5.91 Å². The average molecular weight is 251 g/mol. The molecule has 4 heteroatoms. The van der Waals surface area contributed by atoms with Gasteiger partial charge in [0, 0.05) is 6.54 Å². The van der Waals surface area contributed by atoms with E-state index in [1.54, 1.807) is 4.90 Å². The van der Waals surface area contributed by atoms with Crippen LogP contribution in [0.15, 0.2) is 0 Å². The first-order valence-electron chi connectivity index (χ1n) is 6.46. The Balaban J connectivity index is 2.80. The standard InChI is InChI=1S/C14H21NO3/c1-4-6-15(7-5-2)13(16)11-8-10(3)9-12(11)14(17)18/h1,10-12H,5-9H2,2-3H3,(H,17,18). The van der Waals surface area contributed by atoms with Gasteiger partial charge in [0.1, 0.15) is 0 Å². The van der Waals surface area contributed by atoms with Crippen LogP contribution in [-0.2, 0) is 9.59 Å². The lowest BCUT2D eigenvalue weighted by atomic mass is 9.94. The second-order valence-electron chi connectivity index (χ2n) is 5.09. The van der Waals surface area contributed by atoms with Gasteiger partial charge < -0.3 is 10.0 Å². The van der Waals surface area contributed by atoms with Crippen LogP contribution in [0.2, 0.25) is 0 Å². The summed E-state index contributed by atoms with van der Waals surface area (Å²) in [7, 11) is 0. The van der Waals surface area contributed by atoms with Crippen LogP contribution in [0.1, 0.15) is 33.1 Å². The topological polar surface area (TPSA) is 57.6 Å². The first-order valence-corrected chi connectivity index (χ1v) is 6.46. The van der Waals surface area contributed by atoms with E-state index in [4.69, 9.17) is 6.42 Å². The summed E-state index contributed by atoms with van der Waals surface area (Å²) in [5.74, 6) is 0.843. The van der Waals surface area contributed by atoms with Gasteiger partial charge in [0.05, 0.1) is 18.4 Å². The molecule has 4 nitrogen and oxygen atoms in total. The molecule has 100 valence electrons. The summed E-state index contributed by atoms with van der Waals surface area (Å²) in [6, 6.07) is 0. The molecule has 0 saturated heterocycles. The molecule has 0 aromatic rings. The number of amides is 1. The zero-order valence-electron chi connectivity index (χ0n) is 11.1. The number of carboxylic acid groups (broad SMARTS) is 1. The van der Waals surface area contributed by atoms with Crippen molar-refractivity contribution < 1.29 is 14.7 Å². The van der Waals surface area contributed by atoms with Crippen molar-refractivity contribution in [2.75, 3.05) is 13.1 Å². The zero-order valence-corrected chi connectivity index (χ0v) is 11.1. The van der Waals surface area contributed by atoms with E-state index in [9.17, 15) is 14.7 Å². The van der Waals surface area contributed by atoms with Gasteiger partial charge in [-0.3, -0.25) is 9.59 Å². The van der Waals surface area contributed by atoms with Gasteiger partial charge in [0.15, 0.2) is 0 Å². The Morgan fingerprint density at radius 1 is 1.39 bits per heavy atom. The minimum Gasteiger partial charge on any atom is -0.481 e. The SMILES string of the molecule is C#CCN(CCC)C(=O)C1CC(C)CC1C(=O)O. The molecule has 0 radical (unpaired) electrons. The Bertz CT molecular complexity index is 359. The summed E-state index contributed by atoms with van der Waals surface area (Å²) in [6.45, 7) is 4.83. The predicted molar refractivity (Wildman–Crippen MR) is 68.7 cm³/mol. The molecule has 1 N–H and O–H groups in total. The monoisotopic (exact) mass is 251 g/mol. The van der Waals surface area contributed by atoms with Crippen molar-refractivity contribution in [3.63, 3.8) is 0 Å². The Hall–Kier alpha value is -1.50. The van der Waals surface area contributed by atoms with Crippen LogP contribution >= 0.6 is 0 Å². The van der Waals surface area contributed by atoms with E-state index in [-0.39, 0.29) is 18.4 Å². The van der Waals surface area contributed by atoms with E-state index in [1.165, 1.54) is 0 Å². The van der Waals surface area contributed by atoms with Crippen molar-refractivity contribution in [3.8, 4) is 12.3 Å². The number of carboxylic acids is 1. The van der Waals surface area contributed by atoms with Gasteiger partial charge in [0.25, 0.3) is 0 Å². The van der Waals surface area contributed by atoms with E-state index in [1.807, 2.05) is 13.8 Å². The molecule has 0 spiro atoms. The van der Waals surface area contributed by atoms with E-state index >= 15 is 0 Å². The zero-order chi connectivity index (χ0) is 13.7. The highest BCUT2D eigenvalue weighted by Gasteiger charge is 2.42. The molecule has 3 unspecified atom stereocenters. The third-order valence-corrected chi connectivity index (χ3v) is 3.52. The van der Waals surface area contributed by atoms with Crippen molar-refractivity contribution in [3.05, 3.63) is 0 Å². The second kappa shape index (κ2) is 6.44. The Morgan fingerprint density at radius 3 is 2.50 bits per heavy atom. The number of nitrogens with zero attached hydrogens (tertiary/aromatic N) is 1. The van der Waals surface area contributed by atoms with Crippen LogP contribution < -0.4 is 0 Å². The number of rotatable bonds is 5. The molecule has 1 fully saturated rings. The summed E-state index contributed by atoms with van der Waals surface area (Å²) in [4.78, 5) is 25.2. The quantitative estimate of drug-likeness (QED) is 0.755. The third-order valence-electron chi connectivity index (χ3n) is 3.52. The number of carbonyl (C=O) groups is 2. The highest BCUT2D eigenvalue weighted by Crippen LogP contribution is 2.37. The number of hydrogen-bond acceptors (Lipinski definition) is 2. The van der Waals surface area contributed by atoms with Crippen molar-refractivity contribution in [1.82, 2.24) is 4.90 Å². The first kappa shape index (κ1) is 14.6. The number of terminal acetylenes is 1. The van der Waals surface area contributed by atoms with Crippen LogP contribution in [0.4, 0.5) is 0 Å². The molecular weight excluding hydrogens is 230 g/mol. The van der Waals surface area contributed by atoms with Gasteiger partial charge >= 0.3 is 5.97 Å². The highest BCUT2D eigenvalue weighted by molar-refractivity contribution is 5.85. The molecule has 0 bridgehead atoms. The first-order chi connectivity index (χ1) is 8.51. The van der Waals surface area contributed by atoms with E-state index in [0.29, 0.717) is 19.4 Å². The van der Waals surface area contributed by atoms with Crippen LogP contribution in [0, 0.1) is 30.1 Å². The maximum Gasteiger partial charge on any atom is 0.307 e. The average Bonchev–Trinajstić information content (AvgIpc) is 2.70. The Kier molecular flexibility index (Phi) is 5.21. The largest absolute Gasteiger partial charge is 0.481 e. The highest BCUT2D eigenvalue weighted by atomic mass is 16.4. The predicted octanol–water partition coefficient (Wildman–Crippen LogP) is 1.61. The normalized spacial score (nSPS) is 26.6. The molecule has 18 heavy (non-hydrogen) atoms. The minimum atomic E-state index is -0.866. The van der Waals surface area contributed by atoms with Crippen molar-refractivity contribution >= 4 is 11.9 Å². The van der Waals surface area contributed by atoms with E-state index in [0.717, 1.165) is 6.42 Å². The van der Waals surface area contributed by atoms with Crippen molar-refractivity contribution in [2.45, 2.75) is 33.1 Å². The molecule has 1 aliphatic rings. The van der Waals surface area contributed by atoms with Gasteiger partial charge in [-0.05, 0) is 25.2 Å². The number of hydrogen-bond donors (Lipinski definition) is 1. The summed E-state index contributed by atoms with van der Waals surface area (Å²) in [5.41, 5.74) is 0. The van der Waals surface area contributed by atoms with Crippen LogP contribution in [0.3, 0.4) is 0 Å².